The molecule has 1 N–H and O–H groups in total. The molecule has 190 valence electrons. The van der Waals surface area contributed by atoms with Gasteiger partial charge in [0.25, 0.3) is 5.91 Å². The first-order valence-corrected chi connectivity index (χ1v) is 12.4. The van der Waals surface area contributed by atoms with Crippen molar-refractivity contribution in [1.82, 2.24) is 14.5 Å². The fourth-order valence-electron chi connectivity index (χ4n) is 3.75. The Morgan fingerprint density at radius 3 is 2.27 bits per heavy atom. The SMILES string of the molecule is COc1cccc(-n2cc(-c3ccc(Cl)cc3)nc2NC(=O)CN(C(=O)c2ccc(Cl)cc2)C(C)C)c1. The fourth-order valence-corrected chi connectivity index (χ4v) is 4.00. The Hall–Kier alpha value is -3.81. The number of ether oxygens (including phenoxy) is 1. The number of amides is 2. The zero-order valence-electron chi connectivity index (χ0n) is 20.6. The van der Waals surface area contributed by atoms with Crippen LogP contribution in [0, 0.1) is 0 Å². The van der Waals surface area contributed by atoms with Crippen LogP contribution in [-0.4, -0.2) is 46.0 Å². The van der Waals surface area contributed by atoms with Crippen molar-refractivity contribution in [1.29, 1.82) is 0 Å². The first-order chi connectivity index (χ1) is 17.7. The third kappa shape index (κ3) is 6.31. The van der Waals surface area contributed by atoms with Crippen LogP contribution >= 0.6 is 23.2 Å². The van der Waals surface area contributed by atoms with Crippen LogP contribution in [0.1, 0.15) is 24.2 Å². The van der Waals surface area contributed by atoms with Crippen LogP contribution in [0.5, 0.6) is 5.75 Å². The molecule has 0 saturated carbocycles. The Labute approximate surface area is 225 Å². The number of aromatic nitrogens is 2. The molecule has 0 aliphatic heterocycles. The van der Waals surface area contributed by atoms with Crippen molar-refractivity contribution < 1.29 is 14.3 Å². The molecule has 37 heavy (non-hydrogen) atoms. The third-order valence-corrected chi connectivity index (χ3v) is 6.22. The predicted molar refractivity (Wildman–Crippen MR) is 147 cm³/mol. The van der Waals surface area contributed by atoms with Crippen molar-refractivity contribution in [2.24, 2.45) is 0 Å². The van der Waals surface area contributed by atoms with Gasteiger partial charge in [0.05, 0.1) is 18.5 Å². The van der Waals surface area contributed by atoms with Gasteiger partial charge in [-0.25, -0.2) is 4.98 Å². The molecule has 0 radical (unpaired) electrons. The molecule has 1 heterocycles. The fraction of sp³-hybridized carbons (Fsp3) is 0.179. The predicted octanol–water partition coefficient (Wildman–Crippen LogP) is 6.34. The highest BCUT2D eigenvalue weighted by Crippen LogP contribution is 2.27. The maximum absolute atomic E-state index is 13.2. The third-order valence-electron chi connectivity index (χ3n) is 5.72. The van der Waals surface area contributed by atoms with Crippen molar-refractivity contribution in [2.45, 2.75) is 19.9 Å². The Morgan fingerprint density at radius 2 is 1.65 bits per heavy atom. The molecule has 0 saturated heterocycles. The highest BCUT2D eigenvalue weighted by Gasteiger charge is 2.23. The number of nitrogens with one attached hydrogen (secondary N) is 1. The number of rotatable bonds is 8. The lowest BCUT2D eigenvalue weighted by atomic mass is 10.1. The zero-order chi connectivity index (χ0) is 26.5. The number of hydrogen-bond donors (Lipinski definition) is 1. The number of carbonyl (C=O) groups excluding carboxylic acids is 2. The number of hydrogen-bond acceptors (Lipinski definition) is 4. The van der Waals surface area contributed by atoms with E-state index in [1.165, 1.54) is 4.90 Å². The Balaban J connectivity index is 1.63. The summed E-state index contributed by atoms with van der Waals surface area (Å²) in [6.07, 6.45) is 1.83. The summed E-state index contributed by atoms with van der Waals surface area (Å²) in [5.41, 5.74) is 2.69. The van der Waals surface area contributed by atoms with E-state index in [4.69, 9.17) is 27.9 Å². The van der Waals surface area contributed by atoms with Crippen molar-refractivity contribution in [3.8, 4) is 22.7 Å². The van der Waals surface area contributed by atoms with Gasteiger partial charge < -0.3 is 9.64 Å². The van der Waals surface area contributed by atoms with Gasteiger partial charge >= 0.3 is 0 Å². The molecular formula is C28H26Cl2N4O3. The monoisotopic (exact) mass is 536 g/mol. The minimum Gasteiger partial charge on any atom is -0.497 e. The second-order valence-corrected chi connectivity index (χ2v) is 9.48. The highest BCUT2D eigenvalue weighted by atomic mass is 35.5. The molecule has 0 aliphatic carbocycles. The Bertz CT molecular complexity index is 1400. The molecule has 4 aromatic rings. The number of benzene rings is 3. The van der Waals surface area contributed by atoms with Crippen LogP contribution in [0.4, 0.5) is 5.95 Å². The Morgan fingerprint density at radius 1 is 1.00 bits per heavy atom. The zero-order valence-corrected chi connectivity index (χ0v) is 22.1. The van der Waals surface area contributed by atoms with Gasteiger partial charge in [0.15, 0.2) is 0 Å². The van der Waals surface area contributed by atoms with E-state index in [0.717, 1.165) is 11.3 Å². The first kappa shape index (κ1) is 26.3. The van der Waals surface area contributed by atoms with Gasteiger partial charge in [0.2, 0.25) is 11.9 Å². The van der Waals surface area contributed by atoms with Gasteiger partial charge in [-0.05, 0) is 62.4 Å². The van der Waals surface area contributed by atoms with E-state index in [-0.39, 0.29) is 24.4 Å². The van der Waals surface area contributed by atoms with Crippen LogP contribution in [-0.2, 0) is 4.79 Å². The van der Waals surface area contributed by atoms with E-state index < -0.39 is 0 Å². The normalized spacial score (nSPS) is 10.9. The summed E-state index contributed by atoms with van der Waals surface area (Å²) in [5, 5.41) is 4.03. The van der Waals surface area contributed by atoms with Crippen molar-refractivity contribution in [3.63, 3.8) is 0 Å². The molecule has 9 heteroatoms. The van der Waals surface area contributed by atoms with Crippen LogP contribution in [0.3, 0.4) is 0 Å². The van der Waals surface area contributed by atoms with Crippen LogP contribution in [0.15, 0.2) is 79.0 Å². The van der Waals surface area contributed by atoms with Gasteiger partial charge in [-0.3, -0.25) is 19.5 Å². The molecule has 0 spiro atoms. The van der Waals surface area contributed by atoms with E-state index in [1.54, 1.807) is 48.1 Å². The van der Waals surface area contributed by atoms with Crippen LogP contribution in [0.25, 0.3) is 16.9 Å². The smallest absolute Gasteiger partial charge is 0.254 e. The van der Waals surface area contributed by atoms with E-state index >= 15 is 0 Å². The van der Waals surface area contributed by atoms with Crippen LogP contribution < -0.4 is 10.1 Å². The van der Waals surface area contributed by atoms with E-state index in [0.29, 0.717) is 33.0 Å². The van der Waals surface area contributed by atoms with E-state index in [1.807, 2.05) is 56.4 Å². The van der Waals surface area contributed by atoms with E-state index in [2.05, 4.69) is 10.3 Å². The van der Waals surface area contributed by atoms with Gasteiger partial charge in [-0.15, -0.1) is 0 Å². The topological polar surface area (TPSA) is 76.5 Å². The molecule has 0 atom stereocenters. The standard InChI is InChI=1S/C28H26Cl2N4O3/c1-18(2)33(27(36)20-9-13-22(30)14-10-20)17-26(35)32-28-31-25(19-7-11-21(29)12-8-19)16-34(28)23-5-4-6-24(15-23)37-3/h4-16,18H,17H2,1-3H3,(H,31,32,35). The lowest BCUT2D eigenvalue weighted by molar-refractivity contribution is -0.117. The Kier molecular flexibility index (Phi) is 8.16. The minimum atomic E-state index is -0.381. The van der Waals surface area contributed by atoms with Gasteiger partial charge in [-0.2, -0.15) is 0 Å². The summed E-state index contributed by atoms with van der Waals surface area (Å²) >= 11 is 12.0. The highest BCUT2D eigenvalue weighted by molar-refractivity contribution is 6.31. The van der Waals surface area contributed by atoms with E-state index in [9.17, 15) is 9.59 Å². The second kappa shape index (κ2) is 11.5. The molecular weight excluding hydrogens is 511 g/mol. The average molecular weight is 537 g/mol. The summed E-state index contributed by atoms with van der Waals surface area (Å²) in [5.74, 6) is 0.329. The summed E-state index contributed by atoms with van der Waals surface area (Å²) < 4.78 is 7.14. The number of anilines is 1. The molecule has 4 rings (SSSR count). The van der Waals surface area contributed by atoms with Crippen molar-refractivity contribution in [2.75, 3.05) is 19.0 Å². The lowest BCUT2D eigenvalue weighted by Gasteiger charge is -2.26. The molecule has 2 amide bonds. The molecule has 3 aromatic carbocycles. The number of nitrogens with zero attached hydrogens (tertiary/aromatic N) is 3. The molecule has 0 unspecified atom stereocenters. The molecule has 0 fully saturated rings. The second-order valence-electron chi connectivity index (χ2n) is 8.61. The number of carbonyl (C=O) groups is 2. The van der Waals surface area contributed by atoms with Crippen molar-refractivity contribution in [3.05, 3.63) is 94.6 Å². The maximum Gasteiger partial charge on any atom is 0.254 e. The van der Waals surface area contributed by atoms with Crippen molar-refractivity contribution >= 4 is 41.0 Å². The number of imidazole rings is 1. The molecule has 1 aromatic heterocycles. The number of methoxy groups -OCH3 is 1. The molecule has 0 bridgehead atoms. The summed E-state index contributed by atoms with van der Waals surface area (Å²) in [7, 11) is 1.59. The lowest BCUT2D eigenvalue weighted by Crippen LogP contribution is -2.42. The number of halogens is 2. The van der Waals surface area contributed by atoms with Crippen LogP contribution in [0.2, 0.25) is 10.0 Å². The average Bonchev–Trinajstić information content (AvgIpc) is 3.31. The minimum absolute atomic E-state index is 0.152. The first-order valence-electron chi connectivity index (χ1n) is 11.6. The van der Waals surface area contributed by atoms with Gasteiger partial charge in [0.1, 0.15) is 12.3 Å². The van der Waals surface area contributed by atoms with Gasteiger partial charge in [0, 0.05) is 39.5 Å². The molecule has 7 nitrogen and oxygen atoms in total. The summed E-state index contributed by atoms with van der Waals surface area (Å²) in [6.45, 7) is 3.56. The largest absolute Gasteiger partial charge is 0.497 e. The maximum atomic E-state index is 13.2. The van der Waals surface area contributed by atoms with Gasteiger partial charge in [-0.1, -0.05) is 41.4 Å². The summed E-state index contributed by atoms with van der Waals surface area (Å²) in [6, 6.07) is 21.1. The molecule has 0 aliphatic rings. The summed E-state index contributed by atoms with van der Waals surface area (Å²) in [4.78, 5) is 32.5. The quantitative estimate of drug-likeness (QED) is 0.285.